The highest BCUT2D eigenvalue weighted by Gasteiger charge is 2.18. The lowest BCUT2D eigenvalue weighted by molar-refractivity contribution is -0.123. The Kier molecular flexibility index (Phi) is 10.8. The molecular formula is C20H28FN5O4. The van der Waals surface area contributed by atoms with E-state index in [1.807, 2.05) is 0 Å². The van der Waals surface area contributed by atoms with E-state index < -0.39 is 5.82 Å². The average Bonchev–Trinajstić information content (AvgIpc) is 2.70. The van der Waals surface area contributed by atoms with Crippen LogP contribution in [0.25, 0.3) is 0 Å². The van der Waals surface area contributed by atoms with Gasteiger partial charge in [-0.05, 0) is 24.5 Å². The highest BCUT2D eigenvalue weighted by atomic mass is 19.1. The highest BCUT2D eigenvalue weighted by molar-refractivity contribution is 5.42. The number of aromatic nitrogens is 2. The second-order valence-corrected chi connectivity index (χ2v) is 6.77. The Morgan fingerprint density at radius 1 is 1.23 bits per heavy atom. The zero-order valence-electron chi connectivity index (χ0n) is 17.3. The second-order valence-electron chi connectivity index (χ2n) is 6.77. The number of rotatable bonds is 5. The molecule has 0 fully saturated rings. The zero-order valence-corrected chi connectivity index (χ0v) is 17.3. The van der Waals surface area contributed by atoms with Crippen molar-refractivity contribution in [3.63, 3.8) is 0 Å². The van der Waals surface area contributed by atoms with Gasteiger partial charge in [-0.15, -0.1) is 0 Å². The van der Waals surface area contributed by atoms with Crippen molar-refractivity contribution in [3.8, 4) is 0 Å². The number of carboxylic acid groups (broad SMARTS) is 2. The van der Waals surface area contributed by atoms with Gasteiger partial charge in [0.05, 0.1) is 6.20 Å². The molecule has 10 heteroatoms. The number of carbonyl (C=O) groups is 2. The van der Waals surface area contributed by atoms with Crippen molar-refractivity contribution in [2.24, 2.45) is 0 Å². The van der Waals surface area contributed by atoms with E-state index >= 15 is 0 Å². The number of anilines is 2. The minimum absolute atomic E-state index is 0.177. The van der Waals surface area contributed by atoms with E-state index in [2.05, 4.69) is 51.4 Å². The molecular weight excluding hydrogens is 393 g/mol. The Morgan fingerprint density at radius 2 is 1.83 bits per heavy atom. The molecule has 2 aromatic rings. The topological polar surface area (TPSA) is 119 Å². The summed E-state index contributed by atoms with van der Waals surface area (Å²) in [5.41, 5.74) is 2.86. The summed E-state index contributed by atoms with van der Waals surface area (Å²) in [4.78, 5) is 29.1. The fraction of sp³-hybridized carbons (Fsp3) is 0.400. The van der Waals surface area contributed by atoms with Gasteiger partial charge in [0.2, 0.25) is 5.95 Å². The van der Waals surface area contributed by atoms with Crippen LogP contribution >= 0.6 is 0 Å². The molecule has 0 saturated heterocycles. The van der Waals surface area contributed by atoms with E-state index in [1.54, 1.807) is 19.0 Å². The summed E-state index contributed by atoms with van der Waals surface area (Å²) in [6.45, 7) is 4.51. The third kappa shape index (κ3) is 8.00. The summed E-state index contributed by atoms with van der Waals surface area (Å²) in [6, 6.07) is 8.79. The summed E-state index contributed by atoms with van der Waals surface area (Å²) in [7, 11) is 3.54. The van der Waals surface area contributed by atoms with E-state index in [0.29, 0.717) is 11.8 Å². The fourth-order valence-corrected chi connectivity index (χ4v) is 3.10. The van der Waals surface area contributed by atoms with Crippen LogP contribution in [0.5, 0.6) is 0 Å². The maximum atomic E-state index is 13.7. The third-order valence-electron chi connectivity index (χ3n) is 4.27. The predicted molar refractivity (Wildman–Crippen MR) is 112 cm³/mol. The first kappa shape index (κ1) is 24.8. The standard InChI is InChI=1S/C18H24FN5.2CH2O2/c1-13(21-18-20-10-16(19)17(22-18)23(2)3)11-24-9-8-14-6-4-5-7-15(14)12-24;2*2-1-3/h4-7,10,13H,8-9,11-12H2,1-3H3,(H,20,21,22);2*1H,(H,2,3). The molecule has 1 aliphatic heterocycles. The molecule has 0 bridgehead atoms. The molecule has 30 heavy (non-hydrogen) atoms. The van der Waals surface area contributed by atoms with Gasteiger partial charge in [-0.3, -0.25) is 14.5 Å². The van der Waals surface area contributed by atoms with Crippen molar-refractivity contribution in [2.75, 3.05) is 37.4 Å². The average molecular weight is 421 g/mol. The summed E-state index contributed by atoms with van der Waals surface area (Å²) in [6.07, 6.45) is 2.30. The number of fused-ring (bicyclic) bond motifs is 1. The summed E-state index contributed by atoms with van der Waals surface area (Å²) < 4.78 is 13.7. The van der Waals surface area contributed by atoms with Crippen LogP contribution < -0.4 is 10.2 Å². The number of nitrogens with zero attached hydrogens (tertiary/aromatic N) is 4. The molecule has 3 N–H and O–H groups in total. The van der Waals surface area contributed by atoms with E-state index in [1.165, 1.54) is 17.3 Å². The molecule has 1 aliphatic rings. The van der Waals surface area contributed by atoms with Crippen LogP contribution in [0.4, 0.5) is 16.2 Å². The molecule has 164 valence electrons. The van der Waals surface area contributed by atoms with Gasteiger partial charge in [-0.1, -0.05) is 24.3 Å². The van der Waals surface area contributed by atoms with Gasteiger partial charge in [0.25, 0.3) is 12.9 Å². The number of hydrogen-bond acceptors (Lipinski definition) is 7. The van der Waals surface area contributed by atoms with Gasteiger partial charge in [0, 0.05) is 39.8 Å². The normalized spacial score (nSPS) is 13.3. The zero-order chi connectivity index (χ0) is 22.5. The van der Waals surface area contributed by atoms with Crippen molar-refractivity contribution in [1.29, 1.82) is 0 Å². The Labute approximate surface area is 175 Å². The summed E-state index contributed by atoms with van der Waals surface area (Å²) >= 11 is 0. The summed E-state index contributed by atoms with van der Waals surface area (Å²) in [5.74, 6) is 0.349. The molecule has 0 amide bonds. The fourth-order valence-electron chi connectivity index (χ4n) is 3.10. The van der Waals surface area contributed by atoms with E-state index in [-0.39, 0.29) is 19.0 Å². The van der Waals surface area contributed by atoms with Crippen LogP contribution in [0.2, 0.25) is 0 Å². The Bertz CT molecular complexity index is 801. The smallest absolute Gasteiger partial charge is 0.290 e. The second kappa shape index (κ2) is 13.0. The van der Waals surface area contributed by atoms with Crippen molar-refractivity contribution < 1.29 is 24.2 Å². The minimum Gasteiger partial charge on any atom is -0.483 e. The van der Waals surface area contributed by atoms with Crippen LogP contribution in [0.1, 0.15) is 18.1 Å². The number of benzene rings is 1. The van der Waals surface area contributed by atoms with Crippen LogP contribution in [0, 0.1) is 5.82 Å². The first-order valence-electron chi connectivity index (χ1n) is 9.27. The molecule has 2 heterocycles. The number of nitrogens with one attached hydrogen (secondary N) is 1. The van der Waals surface area contributed by atoms with Crippen LogP contribution in [0.3, 0.4) is 0 Å². The van der Waals surface area contributed by atoms with Crippen molar-refractivity contribution in [2.45, 2.75) is 25.9 Å². The number of halogens is 1. The van der Waals surface area contributed by atoms with Gasteiger partial charge in [0.1, 0.15) is 0 Å². The molecule has 0 spiro atoms. The van der Waals surface area contributed by atoms with Crippen LogP contribution in [-0.4, -0.2) is 71.3 Å². The lowest BCUT2D eigenvalue weighted by atomic mass is 10.00. The Morgan fingerprint density at radius 3 is 2.43 bits per heavy atom. The lowest BCUT2D eigenvalue weighted by Gasteiger charge is -2.31. The molecule has 9 nitrogen and oxygen atoms in total. The first-order valence-corrected chi connectivity index (χ1v) is 9.27. The van der Waals surface area contributed by atoms with Crippen LogP contribution in [-0.2, 0) is 22.6 Å². The Balaban J connectivity index is 0.000000672. The maximum absolute atomic E-state index is 13.7. The van der Waals surface area contributed by atoms with Crippen molar-refractivity contribution >= 4 is 24.7 Å². The summed E-state index contributed by atoms with van der Waals surface area (Å²) in [5, 5.41) is 17.1. The van der Waals surface area contributed by atoms with Crippen molar-refractivity contribution in [3.05, 3.63) is 47.4 Å². The van der Waals surface area contributed by atoms with Crippen molar-refractivity contribution in [1.82, 2.24) is 14.9 Å². The predicted octanol–water partition coefficient (Wildman–Crippen LogP) is 1.94. The van der Waals surface area contributed by atoms with Gasteiger partial charge < -0.3 is 20.4 Å². The first-order chi connectivity index (χ1) is 14.4. The molecule has 0 radical (unpaired) electrons. The van der Waals surface area contributed by atoms with Gasteiger partial charge in [0.15, 0.2) is 11.6 Å². The molecule has 1 aromatic heterocycles. The van der Waals surface area contributed by atoms with Gasteiger partial charge in [-0.25, -0.2) is 9.37 Å². The molecule has 0 aliphatic carbocycles. The molecule has 1 unspecified atom stereocenters. The van der Waals surface area contributed by atoms with E-state index in [4.69, 9.17) is 19.8 Å². The monoisotopic (exact) mass is 421 g/mol. The highest BCUT2D eigenvalue weighted by Crippen LogP contribution is 2.19. The van der Waals surface area contributed by atoms with Gasteiger partial charge in [-0.2, -0.15) is 4.98 Å². The SMILES string of the molecule is CC(CN1CCc2ccccc2C1)Nc1ncc(F)c(N(C)C)n1.O=CO.O=CO. The quantitative estimate of drug-likeness (QED) is 0.622. The largest absolute Gasteiger partial charge is 0.483 e. The minimum atomic E-state index is -0.411. The lowest BCUT2D eigenvalue weighted by Crippen LogP contribution is -2.38. The Hall–Kier alpha value is -3.27. The van der Waals surface area contributed by atoms with Gasteiger partial charge >= 0.3 is 0 Å². The molecule has 0 saturated carbocycles. The maximum Gasteiger partial charge on any atom is 0.290 e. The van der Waals surface area contributed by atoms with E-state index in [0.717, 1.165) is 26.1 Å². The molecule has 3 rings (SSSR count). The third-order valence-corrected chi connectivity index (χ3v) is 4.27. The molecule has 1 aromatic carbocycles. The van der Waals surface area contributed by atoms with Crippen LogP contribution in [0.15, 0.2) is 30.5 Å². The molecule has 1 atom stereocenters. The van der Waals surface area contributed by atoms with E-state index in [9.17, 15) is 4.39 Å². The number of hydrogen-bond donors (Lipinski definition) is 3.